The quantitative estimate of drug-likeness (QED) is 0.344. The van der Waals surface area contributed by atoms with Crippen LogP contribution < -0.4 is 61.3 Å². The Kier molecular flexibility index (Phi) is 153. The van der Waals surface area contributed by atoms with Gasteiger partial charge in [0.15, 0.2) is 0 Å². The Bertz CT molecular complexity index is 674. The second-order valence-electron chi connectivity index (χ2n) is 27.0. The van der Waals surface area contributed by atoms with Gasteiger partial charge >= 0.3 is 162 Å². The summed E-state index contributed by atoms with van der Waals surface area (Å²) in [5.74, 6) is 3.80. The van der Waals surface area contributed by atoms with Crippen LogP contribution in [0.4, 0.5) is 0 Å². The van der Waals surface area contributed by atoms with E-state index in [1.54, 1.807) is 0 Å². The fraction of sp³-hybridized carbons (Fsp3) is 0.867. The Morgan fingerprint density at radius 2 is 0.211 bits per heavy atom. The molecular formula is C60H132O12Sm4. The van der Waals surface area contributed by atoms with E-state index in [2.05, 4.69) is 0 Å². The van der Waals surface area contributed by atoms with Gasteiger partial charge in [-0.2, -0.15) is 0 Å². The van der Waals surface area contributed by atoms with Gasteiger partial charge in [0.05, 0.1) is 79.1 Å². The summed E-state index contributed by atoms with van der Waals surface area (Å²) < 4.78 is 0. The van der Waals surface area contributed by atoms with Crippen molar-refractivity contribution in [3.63, 3.8) is 0 Å². The molecule has 0 fully saturated rings. The molecule has 0 saturated carbocycles. The molecule has 0 amide bonds. The first-order valence-corrected chi connectivity index (χ1v) is 23.7. The van der Waals surface area contributed by atoms with Gasteiger partial charge < -0.3 is 91.0 Å². The van der Waals surface area contributed by atoms with Crippen LogP contribution >= 0.6 is 0 Å². The molecule has 0 saturated heterocycles. The SMILES string of the molecule is CC(C)(C)C[O-].CC(C)(C)C[O-].CC(C)(C)C[O-].CC(C)(C)C[O-].CC(C)(C)C[O-].CC(C)(C)C[O-].CC(C)(C)C[O-].CC(C)(C)C[O-].C[C+](C)C[O-].C[C+](C)C[O-].C[C+](C)C[O-].C[C+](C)C[O-].[CH3-].[CH3-].[CH3-].[CH3-].[Sm+3].[Sm+3].[Sm+3].[Sm+3]. The van der Waals surface area contributed by atoms with Gasteiger partial charge in [-0.15, -0.1) is 52.9 Å². The maximum absolute atomic E-state index is 9.95. The molecule has 4 radical (unpaired) electrons. The zero-order valence-electron chi connectivity index (χ0n) is 57.0. The van der Waals surface area contributed by atoms with Gasteiger partial charge in [0.25, 0.3) is 0 Å². The molecule has 76 heavy (non-hydrogen) atoms. The van der Waals surface area contributed by atoms with Gasteiger partial charge in [-0.25, -0.2) is 0 Å². The van der Waals surface area contributed by atoms with E-state index >= 15 is 0 Å². The molecule has 0 unspecified atom stereocenters. The molecule has 0 heterocycles. The monoisotopic (exact) mass is 1650 g/mol. The third-order valence-corrected chi connectivity index (χ3v) is 4.62. The van der Waals surface area contributed by atoms with Crippen LogP contribution in [0.25, 0.3) is 0 Å². The molecule has 16 heteroatoms. The van der Waals surface area contributed by atoms with Crippen molar-refractivity contribution < 1.29 is 223 Å². The van der Waals surface area contributed by atoms with E-state index in [-0.39, 0.29) is 314 Å². The van der Waals surface area contributed by atoms with Gasteiger partial charge in [-0.05, 0) is 0 Å². The first-order chi connectivity index (χ1) is 29.6. The zero-order valence-corrected chi connectivity index (χ0v) is 67.5. The summed E-state index contributed by atoms with van der Waals surface area (Å²) in [7, 11) is 0. The Labute approximate surface area is 611 Å². The summed E-state index contributed by atoms with van der Waals surface area (Å²) in [4.78, 5) is 0. The van der Waals surface area contributed by atoms with E-state index in [4.69, 9.17) is 0 Å². The smallest absolute Gasteiger partial charge is 0.854 e. The summed E-state index contributed by atoms with van der Waals surface area (Å²) in [5.41, 5.74) is -0.111. The molecule has 0 spiro atoms. The predicted octanol–water partition coefficient (Wildman–Crippen LogP) is 4.79. The van der Waals surface area contributed by atoms with Crippen molar-refractivity contribution in [1.82, 2.24) is 0 Å². The van der Waals surface area contributed by atoms with E-state index < -0.39 is 0 Å². The Morgan fingerprint density at radius 3 is 0.211 bits per heavy atom. The van der Waals surface area contributed by atoms with Crippen LogP contribution in [0, 0.1) is 258 Å². The van der Waals surface area contributed by atoms with Crippen molar-refractivity contribution in [3.8, 4) is 0 Å². The third kappa shape index (κ3) is 355. The molecule has 0 aliphatic heterocycles. The molecule has 0 aliphatic carbocycles. The third-order valence-electron chi connectivity index (χ3n) is 4.62. The van der Waals surface area contributed by atoms with Crippen LogP contribution in [0.1, 0.15) is 222 Å². The van der Waals surface area contributed by atoms with E-state index in [1.807, 2.05) is 222 Å². The van der Waals surface area contributed by atoms with Crippen molar-refractivity contribution in [3.05, 3.63) is 53.4 Å². The van der Waals surface area contributed by atoms with E-state index in [1.165, 1.54) is 0 Å². The first-order valence-electron chi connectivity index (χ1n) is 23.7. The topological polar surface area (TPSA) is 277 Å². The van der Waals surface area contributed by atoms with Crippen LogP contribution in [-0.2, 0) is 0 Å². The van der Waals surface area contributed by atoms with Gasteiger partial charge in [0, 0.05) is 26.4 Å². The maximum atomic E-state index is 9.95. The predicted molar refractivity (Wildman–Crippen MR) is 298 cm³/mol. The molecule has 0 atom stereocenters. The van der Waals surface area contributed by atoms with Crippen molar-refractivity contribution in [2.45, 2.75) is 222 Å². The van der Waals surface area contributed by atoms with Crippen LogP contribution in [-0.4, -0.2) is 79.3 Å². The van der Waals surface area contributed by atoms with Crippen LogP contribution in [0.5, 0.6) is 0 Å². The Hall–Kier alpha value is 4.35. The van der Waals surface area contributed by atoms with E-state index in [9.17, 15) is 61.3 Å². The molecule has 0 bridgehead atoms. The summed E-state index contributed by atoms with van der Waals surface area (Å²) in [6.45, 7) is 61.0. The Balaban J connectivity index is -0.0000000248. The molecule has 468 valence electrons. The molecule has 12 nitrogen and oxygen atoms in total. The molecule has 0 aromatic rings. The molecule has 0 rings (SSSR count). The van der Waals surface area contributed by atoms with E-state index in [0.29, 0.717) is 0 Å². The zero-order chi connectivity index (χ0) is 58.8. The van der Waals surface area contributed by atoms with Crippen LogP contribution in [0.2, 0.25) is 0 Å². The second-order valence-corrected chi connectivity index (χ2v) is 27.0. The largest absolute Gasteiger partial charge is 3.00 e. The second kappa shape index (κ2) is 83.6. The first kappa shape index (κ1) is 139. The van der Waals surface area contributed by atoms with Gasteiger partial charge in [-0.3, -0.25) is 0 Å². The number of rotatable bonds is 4. The summed E-state index contributed by atoms with van der Waals surface area (Å²) in [6, 6.07) is 0. The molecule has 0 aromatic carbocycles. The number of hydrogen-bond acceptors (Lipinski definition) is 12. The molecule has 0 aromatic heterocycles. The fourth-order valence-electron chi connectivity index (χ4n) is 0. The summed E-state index contributed by atoms with van der Waals surface area (Å²) in [5, 5.41) is 118. The number of hydrogen-bond donors (Lipinski definition) is 0. The van der Waals surface area contributed by atoms with Crippen molar-refractivity contribution in [2.75, 3.05) is 79.3 Å². The normalized spacial score (nSPS) is 9.63. The molecule has 0 aliphatic rings. The minimum absolute atomic E-state index is 0. The van der Waals surface area contributed by atoms with Gasteiger partial charge in [0.1, 0.15) is 0 Å². The van der Waals surface area contributed by atoms with Crippen molar-refractivity contribution in [2.24, 2.45) is 43.3 Å². The molecule has 0 N–H and O–H groups in total. The van der Waals surface area contributed by atoms with Gasteiger partial charge in [-0.1, -0.05) is 209 Å². The fourth-order valence-corrected chi connectivity index (χ4v) is 0. The standard InChI is InChI=1S/8C5H11O.4C4H8O.4CH3.4Sm/c8*1-5(2,3)4-6;4*1-4(2)3-5;;;;;;;;/h8*4H2,1-3H3;4*3H2,1-2H3;4*1H3;;;;/q8*-1;;;;;4*-1;4*+3. The average molecular weight is 1650 g/mol. The van der Waals surface area contributed by atoms with Crippen molar-refractivity contribution in [1.29, 1.82) is 0 Å². The van der Waals surface area contributed by atoms with Crippen LogP contribution in [0.3, 0.4) is 0 Å². The average Bonchev–Trinajstić information content (AvgIpc) is 3.18. The van der Waals surface area contributed by atoms with Crippen LogP contribution in [0.15, 0.2) is 0 Å². The summed E-state index contributed by atoms with van der Waals surface area (Å²) >= 11 is 0. The van der Waals surface area contributed by atoms with Gasteiger partial charge in [0.2, 0.25) is 0 Å². The maximum Gasteiger partial charge on any atom is 3.00 e. The molecular weight excluding hydrogens is 1510 g/mol. The minimum atomic E-state index is -0.0278. The van der Waals surface area contributed by atoms with Crippen molar-refractivity contribution >= 4 is 0 Å². The minimum Gasteiger partial charge on any atom is -0.854 e. The summed E-state index contributed by atoms with van der Waals surface area (Å²) in [6.07, 6.45) is 0. The Morgan fingerprint density at radius 1 is 0.184 bits per heavy atom. The van der Waals surface area contributed by atoms with E-state index in [0.717, 1.165) is 23.7 Å².